The molecule has 0 aromatic heterocycles. The number of thiol groups is 1. The number of carboxylic acid groups (broad SMARTS) is 1. The Morgan fingerprint density at radius 2 is 1.46 bits per heavy atom. The van der Waals surface area contributed by atoms with Crippen LogP contribution in [0.3, 0.4) is 0 Å². The van der Waals surface area contributed by atoms with Crippen molar-refractivity contribution in [2.45, 2.75) is 44.4 Å². The van der Waals surface area contributed by atoms with Crippen LogP contribution in [-0.4, -0.2) is 58.7 Å². The van der Waals surface area contributed by atoms with Crippen molar-refractivity contribution in [3.63, 3.8) is 0 Å². The molecule has 4 unspecified atom stereocenters. The predicted molar refractivity (Wildman–Crippen MR) is 107 cm³/mol. The van der Waals surface area contributed by atoms with Gasteiger partial charge in [-0.25, -0.2) is 4.79 Å². The van der Waals surface area contributed by atoms with Crippen LogP contribution in [0.25, 0.3) is 0 Å². The number of nitrogens with two attached hydrogens (primary N) is 1. The molecule has 1 rings (SSSR count). The Balaban J connectivity index is 2.51. The number of aliphatic carboxylic acids is 1. The molecule has 154 valence electrons. The number of carbonyl (C=O) groups is 4. The molecule has 6 N–H and O–H groups in total. The van der Waals surface area contributed by atoms with E-state index in [1.165, 1.54) is 13.8 Å². The number of benzene rings is 1. The van der Waals surface area contributed by atoms with E-state index in [9.17, 15) is 19.2 Å². The topological polar surface area (TPSA) is 151 Å². The van der Waals surface area contributed by atoms with Crippen LogP contribution < -0.4 is 21.7 Å². The third-order valence-corrected chi connectivity index (χ3v) is 4.30. The number of carbonyl (C=O) groups excluding carboxylic acids is 3. The summed E-state index contributed by atoms with van der Waals surface area (Å²) in [5.74, 6) is -3.08. The minimum atomic E-state index is -1.23. The zero-order valence-corrected chi connectivity index (χ0v) is 16.6. The van der Waals surface area contributed by atoms with Gasteiger partial charge in [-0.15, -0.1) is 0 Å². The van der Waals surface area contributed by atoms with Crippen molar-refractivity contribution in [2.75, 3.05) is 5.75 Å². The van der Waals surface area contributed by atoms with E-state index in [2.05, 4.69) is 28.6 Å². The SMILES string of the molecule is CC(NC(=O)C(N)Cc1ccccc1)C(=O)NC(C)C(=O)NC(CS)C(=O)O. The largest absolute Gasteiger partial charge is 0.480 e. The van der Waals surface area contributed by atoms with Crippen molar-refractivity contribution in [1.82, 2.24) is 16.0 Å². The highest BCUT2D eigenvalue weighted by Crippen LogP contribution is 2.02. The lowest BCUT2D eigenvalue weighted by Crippen LogP contribution is -2.55. The fourth-order valence-electron chi connectivity index (χ4n) is 2.23. The second-order valence-electron chi connectivity index (χ2n) is 6.34. The van der Waals surface area contributed by atoms with Crippen molar-refractivity contribution >= 4 is 36.3 Å². The smallest absolute Gasteiger partial charge is 0.327 e. The average molecular weight is 410 g/mol. The number of amides is 3. The van der Waals surface area contributed by atoms with Crippen molar-refractivity contribution < 1.29 is 24.3 Å². The summed E-state index contributed by atoms with van der Waals surface area (Å²) in [5.41, 5.74) is 6.77. The Kier molecular flexibility index (Phi) is 9.46. The standard InChI is InChI=1S/C18H26N4O5S/c1-10(21-17(25)13(19)8-12-6-4-3-5-7-12)15(23)20-11(2)16(24)22-14(9-28)18(26)27/h3-7,10-11,13-14,28H,8-9,19H2,1-2H3,(H,20,23)(H,21,25)(H,22,24)(H,26,27). The van der Waals surface area contributed by atoms with Crippen LogP contribution in [0.2, 0.25) is 0 Å². The summed E-state index contributed by atoms with van der Waals surface area (Å²) < 4.78 is 0. The number of rotatable bonds is 10. The fourth-order valence-corrected chi connectivity index (χ4v) is 2.48. The summed E-state index contributed by atoms with van der Waals surface area (Å²) in [5, 5.41) is 16.1. The first-order chi connectivity index (χ1) is 13.1. The predicted octanol–water partition coefficient (Wildman–Crippen LogP) is -0.935. The van der Waals surface area contributed by atoms with Crippen LogP contribution in [0.1, 0.15) is 19.4 Å². The molecule has 0 aliphatic heterocycles. The van der Waals surface area contributed by atoms with E-state index >= 15 is 0 Å². The molecule has 0 spiro atoms. The van der Waals surface area contributed by atoms with Crippen LogP contribution in [-0.2, 0) is 25.6 Å². The molecule has 0 saturated carbocycles. The van der Waals surface area contributed by atoms with Gasteiger partial charge >= 0.3 is 5.97 Å². The molecule has 4 atom stereocenters. The van der Waals surface area contributed by atoms with E-state index in [4.69, 9.17) is 10.8 Å². The van der Waals surface area contributed by atoms with Crippen LogP contribution >= 0.6 is 12.6 Å². The second kappa shape index (κ2) is 11.3. The van der Waals surface area contributed by atoms with Gasteiger partial charge in [-0.1, -0.05) is 30.3 Å². The van der Waals surface area contributed by atoms with E-state index < -0.39 is 47.9 Å². The molecule has 3 amide bonds. The summed E-state index contributed by atoms with van der Waals surface area (Å²) >= 11 is 3.85. The Bertz CT molecular complexity index is 700. The summed E-state index contributed by atoms with van der Waals surface area (Å²) in [6, 6.07) is 5.31. The maximum Gasteiger partial charge on any atom is 0.327 e. The zero-order valence-electron chi connectivity index (χ0n) is 15.7. The first-order valence-electron chi connectivity index (χ1n) is 8.70. The highest BCUT2D eigenvalue weighted by Gasteiger charge is 2.25. The number of carboxylic acids is 1. The highest BCUT2D eigenvalue weighted by molar-refractivity contribution is 7.80. The van der Waals surface area contributed by atoms with E-state index in [1.807, 2.05) is 30.3 Å². The van der Waals surface area contributed by atoms with Gasteiger partial charge < -0.3 is 26.8 Å². The minimum absolute atomic E-state index is 0.0898. The number of nitrogens with one attached hydrogen (secondary N) is 3. The summed E-state index contributed by atoms with van der Waals surface area (Å²) in [7, 11) is 0. The third-order valence-electron chi connectivity index (χ3n) is 3.94. The molecule has 28 heavy (non-hydrogen) atoms. The third kappa shape index (κ3) is 7.57. The van der Waals surface area contributed by atoms with Gasteiger partial charge in [0, 0.05) is 5.75 Å². The molecule has 10 heteroatoms. The average Bonchev–Trinajstić information content (AvgIpc) is 2.65. The number of hydrogen-bond donors (Lipinski definition) is 6. The summed E-state index contributed by atoms with van der Waals surface area (Å²) in [4.78, 5) is 47.3. The molecule has 0 aliphatic carbocycles. The molecule has 9 nitrogen and oxygen atoms in total. The van der Waals surface area contributed by atoms with Crippen LogP contribution in [0.5, 0.6) is 0 Å². The molecule has 1 aromatic rings. The van der Waals surface area contributed by atoms with E-state index in [1.54, 1.807) is 0 Å². The monoisotopic (exact) mass is 410 g/mol. The van der Waals surface area contributed by atoms with Crippen molar-refractivity contribution in [3.8, 4) is 0 Å². The van der Waals surface area contributed by atoms with E-state index in [-0.39, 0.29) is 5.75 Å². The van der Waals surface area contributed by atoms with Crippen molar-refractivity contribution in [1.29, 1.82) is 0 Å². The van der Waals surface area contributed by atoms with Crippen molar-refractivity contribution in [3.05, 3.63) is 35.9 Å². The lowest BCUT2D eigenvalue weighted by molar-refractivity contribution is -0.141. The lowest BCUT2D eigenvalue weighted by atomic mass is 10.1. The highest BCUT2D eigenvalue weighted by atomic mass is 32.1. The quantitative estimate of drug-likeness (QED) is 0.274. The Morgan fingerprint density at radius 3 is 1.96 bits per heavy atom. The van der Waals surface area contributed by atoms with Gasteiger partial charge in [-0.3, -0.25) is 14.4 Å². The first-order valence-corrected chi connectivity index (χ1v) is 9.33. The Hall–Kier alpha value is -2.59. The molecule has 0 fully saturated rings. The molecule has 0 heterocycles. The molecule has 0 bridgehead atoms. The first kappa shape index (κ1) is 23.4. The van der Waals surface area contributed by atoms with Gasteiger partial charge in [-0.05, 0) is 25.8 Å². The van der Waals surface area contributed by atoms with Gasteiger partial charge in [0.25, 0.3) is 0 Å². The molecule has 1 aromatic carbocycles. The fraction of sp³-hybridized carbons (Fsp3) is 0.444. The van der Waals surface area contributed by atoms with Gasteiger partial charge in [-0.2, -0.15) is 12.6 Å². The molecular formula is C18H26N4O5S. The van der Waals surface area contributed by atoms with E-state index in [0.29, 0.717) is 6.42 Å². The van der Waals surface area contributed by atoms with Crippen LogP contribution in [0.15, 0.2) is 30.3 Å². The molecule has 0 aliphatic rings. The Labute approximate surface area is 168 Å². The maximum absolute atomic E-state index is 12.2. The molecule has 0 radical (unpaired) electrons. The summed E-state index contributed by atoms with van der Waals surface area (Å²) in [6.07, 6.45) is 0.320. The van der Waals surface area contributed by atoms with Gasteiger partial charge in [0.05, 0.1) is 6.04 Å². The minimum Gasteiger partial charge on any atom is -0.480 e. The molecular weight excluding hydrogens is 384 g/mol. The van der Waals surface area contributed by atoms with Crippen LogP contribution in [0, 0.1) is 0 Å². The Morgan fingerprint density at radius 1 is 0.964 bits per heavy atom. The second-order valence-corrected chi connectivity index (χ2v) is 6.70. The maximum atomic E-state index is 12.2. The van der Waals surface area contributed by atoms with Gasteiger partial charge in [0.2, 0.25) is 17.7 Å². The number of hydrogen-bond acceptors (Lipinski definition) is 6. The van der Waals surface area contributed by atoms with Gasteiger partial charge in [0.1, 0.15) is 18.1 Å². The van der Waals surface area contributed by atoms with E-state index in [0.717, 1.165) is 5.56 Å². The molecule has 0 saturated heterocycles. The lowest BCUT2D eigenvalue weighted by Gasteiger charge is -2.21. The van der Waals surface area contributed by atoms with Crippen LogP contribution in [0.4, 0.5) is 0 Å². The summed E-state index contributed by atoms with van der Waals surface area (Å²) in [6.45, 7) is 2.86. The van der Waals surface area contributed by atoms with Crippen molar-refractivity contribution in [2.24, 2.45) is 5.73 Å². The normalized spacial score (nSPS) is 14.9. The van der Waals surface area contributed by atoms with Gasteiger partial charge in [0.15, 0.2) is 0 Å². The zero-order chi connectivity index (χ0) is 21.3.